The highest BCUT2D eigenvalue weighted by Crippen LogP contribution is 2.32. The molecule has 1 aromatic carbocycles. The normalized spacial score (nSPS) is 19.0. The summed E-state index contributed by atoms with van der Waals surface area (Å²) < 4.78 is 21.1. The van der Waals surface area contributed by atoms with Gasteiger partial charge in [0.25, 0.3) is 5.91 Å². The third-order valence-corrected chi connectivity index (χ3v) is 4.28. The smallest absolute Gasteiger partial charge is 0.252 e. The second kappa shape index (κ2) is 8.70. The molecule has 0 aliphatic carbocycles. The Kier molecular flexibility index (Phi) is 6.09. The Morgan fingerprint density at radius 1 is 1.32 bits per heavy atom. The van der Waals surface area contributed by atoms with Crippen molar-refractivity contribution in [3.63, 3.8) is 0 Å². The molecular formula is C18H22N4O6. The van der Waals surface area contributed by atoms with Crippen LogP contribution in [0.15, 0.2) is 22.7 Å². The Balaban J connectivity index is 1.76. The molecule has 28 heavy (non-hydrogen) atoms. The maximum absolute atomic E-state index is 12.7. The zero-order chi connectivity index (χ0) is 20.1. The van der Waals surface area contributed by atoms with E-state index in [9.17, 15) is 9.59 Å². The predicted octanol–water partition coefficient (Wildman–Crippen LogP) is 0.522. The van der Waals surface area contributed by atoms with Crippen molar-refractivity contribution in [2.45, 2.75) is 32.0 Å². The number of aromatic nitrogens is 2. The van der Waals surface area contributed by atoms with Gasteiger partial charge in [-0.05, 0) is 17.7 Å². The van der Waals surface area contributed by atoms with E-state index in [2.05, 4.69) is 20.8 Å². The highest BCUT2D eigenvalue weighted by atomic mass is 16.5. The van der Waals surface area contributed by atoms with E-state index in [0.29, 0.717) is 35.2 Å². The molecule has 0 saturated carbocycles. The first-order valence-electron chi connectivity index (χ1n) is 8.77. The van der Waals surface area contributed by atoms with E-state index in [1.807, 2.05) is 6.92 Å². The van der Waals surface area contributed by atoms with Crippen LogP contribution < -0.4 is 20.1 Å². The topological polar surface area (TPSA) is 125 Å². The van der Waals surface area contributed by atoms with Crippen molar-refractivity contribution in [3.8, 4) is 11.5 Å². The summed E-state index contributed by atoms with van der Waals surface area (Å²) in [6.45, 7) is 1.76. The maximum Gasteiger partial charge on any atom is 0.252 e. The van der Waals surface area contributed by atoms with Gasteiger partial charge in [-0.1, -0.05) is 18.1 Å². The number of methoxy groups -OCH3 is 2. The lowest BCUT2D eigenvalue weighted by molar-refractivity contribution is -0.148. The maximum atomic E-state index is 12.7. The second-order valence-corrected chi connectivity index (χ2v) is 6.07. The molecule has 0 spiro atoms. The van der Waals surface area contributed by atoms with Crippen LogP contribution in [-0.4, -0.2) is 48.9 Å². The first-order chi connectivity index (χ1) is 13.5. The van der Waals surface area contributed by atoms with Gasteiger partial charge in [-0.3, -0.25) is 9.59 Å². The summed E-state index contributed by atoms with van der Waals surface area (Å²) in [7, 11) is 3.04. The summed E-state index contributed by atoms with van der Waals surface area (Å²) in [4.78, 5) is 28.7. The lowest BCUT2D eigenvalue weighted by Gasteiger charge is -2.31. The Labute approximate surface area is 161 Å². The van der Waals surface area contributed by atoms with Crippen LogP contribution >= 0.6 is 0 Å². The number of hydrogen-bond acceptors (Lipinski definition) is 8. The summed E-state index contributed by atoms with van der Waals surface area (Å²) >= 11 is 0. The molecule has 2 heterocycles. The minimum absolute atomic E-state index is 0.0678. The number of nitrogens with one attached hydrogen (secondary N) is 2. The van der Waals surface area contributed by atoms with Crippen molar-refractivity contribution in [1.82, 2.24) is 20.8 Å². The molecule has 2 atom stereocenters. The first-order valence-corrected chi connectivity index (χ1v) is 8.77. The van der Waals surface area contributed by atoms with Gasteiger partial charge in [-0.2, -0.15) is 4.98 Å². The largest absolute Gasteiger partial charge is 0.493 e. The van der Waals surface area contributed by atoms with Gasteiger partial charge in [0, 0.05) is 6.42 Å². The van der Waals surface area contributed by atoms with E-state index < -0.39 is 18.1 Å². The van der Waals surface area contributed by atoms with Crippen LogP contribution in [0.5, 0.6) is 11.5 Å². The Morgan fingerprint density at radius 2 is 2.11 bits per heavy atom. The van der Waals surface area contributed by atoms with E-state index in [4.69, 9.17) is 18.7 Å². The minimum atomic E-state index is -0.927. The number of hydrogen-bond donors (Lipinski definition) is 2. The van der Waals surface area contributed by atoms with Crippen molar-refractivity contribution in [1.29, 1.82) is 0 Å². The van der Waals surface area contributed by atoms with Gasteiger partial charge in [-0.25, -0.2) is 0 Å². The van der Waals surface area contributed by atoms with Crippen molar-refractivity contribution in [2.75, 3.05) is 20.8 Å². The first kappa shape index (κ1) is 19.6. The molecule has 3 rings (SSSR count). The summed E-state index contributed by atoms with van der Waals surface area (Å²) in [5, 5.41) is 9.28. The van der Waals surface area contributed by atoms with Crippen LogP contribution in [-0.2, 0) is 27.3 Å². The molecule has 1 aromatic heterocycles. The van der Waals surface area contributed by atoms with Gasteiger partial charge in [0.05, 0.1) is 26.8 Å². The third kappa shape index (κ3) is 4.22. The molecule has 0 unspecified atom stereocenters. The number of rotatable bonds is 7. The van der Waals surface area contributed by atoms with Gasteiger partial charge in [0.1, 0.15) is 6.61 Å². The molecule has 0 bridgehead atoms. The summed E-state index contributed by atoms with van der Waals surface area (Å²) in [6.07, 6.45) is -0.291. The van der Waals surface area contributed by atoms with Crippen LogP contribution in [0.4, 0.5) is 0 Å². The molecule has 150 valence electrons. The summed E-state index contributed by atoms with van der Waals surface area (Å²) in [5.74, 6) is 1.17. The number of amides is 2. The molecule has 10 nitrogen and oxygen atoms in total. The van der Waals surface area contributed by atoms with Crippen LogP contribution in [0.2, 0.25) is 0 Å². The van der Waals surface area contributed by atoms with Crippen LogP contribution in [0.3, 0.4) is 0 Å². The molecule has 1 aliphatic heterocycles. The quantitative estimate of drug-likeness (QED) is 0.701. The van der Waals surface area contributed by atoms with Gasteiger partial charge in [0.2, 0.25) is 11.8 Å². The molecule has 1 fully saturated rings. The Hall–Kier alpha value is -3.14. The number of aryl methyl sites for hydroxylation is 1. The zero-order valence-corrected chi connectivity index (χ0v) is 15.9. The summed E-state index contributed by atoms with van der Waals surface area (Å²) in [6, 6.07) is 4.46. The van der Waals surface area contributed by atoms with E-state index in [0.717, 1.165) is 0 Å². The van der Waals surface area contributed by atoms with Crippen molar-refractivity contribution in [2.24, 2.45) is 0 Å². The SMILES string of the molecule is CCc1noc(CNC(=O)[C@H]2OCC(=O)N[C@@H]2c2ccc(OC)c(OC)c2)n1. The predicted molar refractivity (Wildman–Crippen MR) is 95.7 cm³/mol. The van der Waals surface area contributed by atoms with Crippen LogP contribution in [0.25, 0.3) is 0 Å². The molecule has 2 aromatic rings. The van der Waals surface area contributed by atoms with E-state index in [1.54, 1.807) is 18.2 Å². The van der Waals surface area contributed by atoms with Crippen molar-refractivity contribution >= 4 is 11.8 Å². The fraction of sp³-hybridized carbons (Fsp3) is 0.444. The number of carbonyl (C=O) groups is 2. The fourth-order valence-corrected chi connectivity index (χ4v) is 2.85. The highest BCUT2D eigenvalue weighted by Gasteiger charge is 2.36. The Bertz CT molecular complexity index is 852. The molecular weight excluding hydrogens is 368 g/mol. The number of ether oxygens (including phenoxy) is 3. The second-order valence-electron chi connectivity index (χ2n) is 6.07. The average Bonchev–Trinajstić information content (AvgIpc) is 3.19. The number of benzene rings is 1. The molecule has 1 saturated heterocycles. The lowest BCUT2D eigenvalue weighted by Crippen LogP contribution is -2.52. The van der Waals surface area contributed by atoms with Crippen LogP contribution in [0.1, 0.15) is 30.2 Å². The number of nitrogens with zero attached hydrogens (tertiary/aromatic N) is 2. The third-order valence-electron chi connectivity index (χ3n) is 4.28. The van der Waals surface area contributed by atoms with E-state index in [-0.39, 0.29) is 19.1 Å². The van der Waals surface area contributed by atoms with Gasteiger partial charge >= 0.3 is 0 Å². The van der Waals surface area contributed by atoms with E-state index in [1.165, 1.54) is 14.2 Å². The standard InChI is InChI=1S/C18H22N4O6/c1-4-13-20-15(28-22-13)8-19-18(24)17-16(21-14(23)9-27-17)10-5-6-11(25-2)12(7-10)26-3/h5-7,16-17H,4,8-9H2,1-3H3,(H,19,24)(H,21,23)/t16-,17+/m1/s1. The molecule has 1 aliphatic rings. The molecule has 0 radical (unpaired) electrons. The zero-order valence-electron chi connectivity index (χ0n) is 15.9. The molecule has 2 amide bonds. The Morgan fingerprint density at radius 3 is 2.79 bits per heavy atom. The lowest BCUT2D eigenvalue weighted by atomic mass is 9.98. The van der Waals surface area contributed by atoms with E-state index >= 15 is 0 Å². The van der Waals surface area contributed by atoms with Gasteiger partial charge in [-0.15, -0.1) is 0 Å². The van der Waals surface area contributed by atoms with Gasteiger partial charge < -0.3 is 29.4 Å². The fourth-order valence-electron chi connectivity index (χ4n) is 2.85. The highest BCUT2D eigenvalue weighted by molar-refractivity contribution is 5.86. The van der Waals surface area contributed by atoms with Crippen molar-refractivity contribution in [3.05, 3.63) is 35.5 Å². The monoisotopic (exact) mass is 390 g/mol. The summed E-state index contributed by atoms with van der Waals surface area (Å²) in [5.41, 5.74) is 0.650. The average molecular weight is 390 g/mol. The minimum Gasteiger partial charge on any atom is -0.493 e. The molecule has 10 heteroatoms. The van der Waals surface area contributed by atoms with Crippen molar-refractivity contribution < 1.29 is 28.3 Å². The number of morpholine rings is 1. The van der Waals surface area contributed by atoms with Gasteiger partial charge in [0.15, 0.2) is 23.4 Å². The number of carbonyl (C=O) groups excluding carboxylic acids is 2. The van der Waals surface area contributed by atoms with Crippen LogP contribution in [0, 0.1) is 0 Å². The molecule has 2 N–H and O–H groups in total.